The van der Waals surface area contributed by atoms with E-state index in [-0.39, 0.29) is 28.4 Å². The highest BCUT2D eigenvalue weighted by molar-refractivity contribution is 9.09. The number of halogens is 4. The van der Waals surface area contributed by atoms with Crippen molar-refractivity contribution in [3.8, 4) is 11.5 Å². The number of fused-ring (bicyclic) bond motifs is 1. The first-order valence-electron chi connectivity index (χ1n) is 7.86. The summed E-state index contributed by atoms with van der Waals surface area (Å²) in [6.07, 6.45) is 3.38. The molecule has 1 N–H and O–H groups in total. The highest BCUT2D eigenvalue weighted by atomic mass is 79.9. The summed E-state index contributed by atoms with van der Waals surface area (Å²) in [5.41, 5.74) is 1.07. The van der Waals surface area contributed by atoms with E-state index in [1.54, 1.807) is 12.2 Å². The number of amides is 2. The molecule has 0 unspecified atom stereocenters. The molecular formula is C18H15BrCl3NO4. The number of hydrogen-bond acceptors (Lipinski definition) is 4. The van der Waals surface area contributed by atoms with Crippen LogP contribution in [-0.4, -0.2) is 44.1 Å². The van der Waals surface area contributed by atoms with Gasteiger partial charge in [-0.3, -0.25) is 14.5 Å². The van der Waals surface area contributed by atoms with Crippen LogP contribution in [-0.2, 0) is 9.59 Å². The van der Waals surface area contributed by atoms with E-state index in [9.17, 15) is 14.7 Å². The number of nitrogens with zero attached hydrogens (tertiary/aromatic N) is 1. The predicted octanol–water partition coefficient (Wildman–Crippen LogP) is 4.33. The van der Waals surface area contributed by atoms with E-state index in [0.29, 0.717) is 11.1 Å². The van der Waals surface area contributed by atoms with Crippen molar-refractivity contribution >= 4 is 62.5 Å². The Balaban J connectivity index is 2.30. The second-order valence-corrected chi connectivity index (χ2v) is 8.42. The van der Waals surface area contributed by atoms with Gasteiger partial charge in [-0.2, -0.15) is 0 Å². The molecule has 27 heavy (non-hydrogen) atoms. The van der Waals surface area contributed by atoms with Crippen molar-refractivity contribution in [2.24, 2.45) is 0 Å². The number of hydrogen-bond donors (Lipinski definition) is 1. The van der Waals surface area contributed by atoms with E-state index in [1.807, 2.05) is 0 Å². The van der Waals surface area contributed by atoms with E-state index in [4.69, 9.17) is 39.5 Å². The minimum Gasteiger partial charge on any atom is -0.503 e. The Hall–Kier alpha value is -1.21. The van der Waals surface area contributed by atoms with Crippen LogP contribution in [0.15, 0.2) is 36.4 Å². The maximum Gasteiger partial charge on any atom is 0.254 e. The number of carbonyl (C=O) groups is 2. The van der Waals surface area contributed by atoms with E-state index in [1.165, 1.54) is 19.2 Å². The lowest BCUT2D eigenvalue weighted by molar-refractivity contribution is -0.138. The standard InChI is InChI=1S/C18H15BrCl3NO4/c1-3-9-4-5-17(21)15(25)23(8-19)16(26)18(17,22)13(9)10-6-11(20)14(24)12(7-10)27-2/h3-4,6-7,13,24H,1,5,8H2,2H3/t13-,17-,18+/m1/s1. The van der Waals surface area contributed by atoms with Gasteiger partial charge in [-0.05, 0) is 29.7 Å². The zero-order chi connectivity index (χ0) is 20.1. The molecule has 0 radical (unpaired) electrons. The molecule has 0 bridgehead atoms. The highest BCUT2D eigenvalue weighted by Gasteiger charge is 2.72. The third-order valence-electron chi connectivity index (χ3n) is 5.03. The van der Waals surface area contributed by atoms with Crippen molar-refractivity contribution in [2.45, 2.75) is 22.1 Å². The van der Waals surface area contributed by atoms with Gasteiger partial charge in [-0.25, -0.2) is 0 Å². The monoisotopic (exact) mass is 493 g/mol. The van der Waals surface area contributed by atoms with Crippen LogP contribution >= 0.6 is 50.7 Å². The second kappa shape index (κ2) is 6.99. The van der Waals surface area contributed by atoms with Crippen LogP contribution < -0.4 is 4.74 Å². The molecule has 1 saturated heterocycles. The van der Waals surface area contributed by atoms with Gasteiger partial charge in [0.15, 0.2) is 21.2 Å². The lowest BCUT2D eigenvalue weighted by atomic mass is 9.68. The molecular weight excluding hydrogens is 480 g/mol. The number of aromatic hydroxyl groups is 1. The second-order valence-electron chi connectivity index (χ2n) is 6.27. The van der Waals surface area contributed by atoms with E-state index in [0.717, 1.165) is 4.90 Å². The molecule has 5 nitrogen and oxygen atoms in total. The number of alkyl halides is 3. The number of ether oxygens (including phenoxy) is 1. The zero-order valence-corrected chi connectivity index (χ0v) is 18.0. The van der Waals surface area contributed by atoms with Gasteiger partial charge < -0.3 is 9.84 Å². The van der Waals surface area contributed by atoms with Crippen molar-refractivity contribution in [3.63, 3.8) is 0 Å². The fourth-order valence-electron chi connectivity index (χ4n) is 3.67. The fraction of sp³-hybridized carbons (Fsp3) is 0.333. The molecule has 3 atom stereocenters. The van der Waals surface area contributed by atoms with Gasteiger partial charge in [0, 0.05) is 5.92 Å². The van der Waals surface area contributed by atoms with Crippen LogP contribution in [0.2, 0.25) is 5.02 Å². The minimum atomic E-state index is -1.79. The third kappa shape index (κ3) is 2.64. The summed E-state index contributed by atoms with van der Waals surface area (Å²) < 4.78 is 5.16. The molecule has 0 saturated carbocycles. The van der Waals surface area contributed by atoms with Crippen LogP contribution in [0.5, 0.6) is 11.5 Å². The SMILES string of the molecule is C=CC1=CC[C@@]2(Cl)C(=O)N(CBr)C(=O)[C@@]2(Cl)[C@H]1c1cc(Cl)c(O)c(OC)c1. The van der Waals surface area contributed by atoms with E-state index >= 15 is 0 Å². The van der Waals surface area contributed by atoms with Crippen molar-refractivity contribution in [1.29, 1.82) is 0 Å². The average Bonchev–Trinajstić information content (AvgIpc) is 2.80. The molecule has 0 aromatic heterocycles. The number of imide groups is 1. The maximum atomic E-state index is 13.1. The number of phenolic OH excluding ortho intramolecular Hbond substituents is 1. The summed E-state index contributed by atoms with van der Waals surface area (Å²) in [6.45, 7) is 3.79. The number of benzene rings is 1. The molecule has 1 aliphatic heterocycles. The molecule has 144 valence electrons. The van der Waals surface area contributed by atoms with E-state index < -0.39 is 27.5 Å². The van der Waals surface area contributed by atoms with Gasteiger partial charge in [0.2, 0.25) is 0 Å². The van der Waals surface area contributed by atoms with Gasteiger partial charge in [-0.15, -0.1) is 23.2 Å². The third-order valence-corrected chi connectivity index (χ3v) is 7.23. The Kier molecular flexibility index (Phi) is 5.32. The van der Waals surface area contributed by atoms with Crippen molar-refractivity contribution in [2.75, 3.05) is 12.6 Å². The number of likely N-dealkylation sites (tertiary alicyclic amines) is 1. The van der Waals surface area contributed by atoms with Crippen LogP contribution in [0.3, 0.4) is 0 Å². The van der Waals surface area contributed by atoms with Crippen molar-refractivity contribution < 1.29 is 19.4 Å². The highest BCUT2D eigenvalue weighted by Crippen LogP contribution is 2.59. The Bertz CT molecular complexity index is 890. The lowest BCUT2D eigenvalue weighted by Crippen LogP contribution is -2.54. The number of phenols is 1. The van der Waals surface area contributed by atoms with Crippen molar-refractivity contribution in [3.05, 3.63) is 47.0 Å². The first-order valence-corrected chi connectivity index (χ1v) is 10.1. The van der Waals surface area contributed by atoms with Gasteiger partial charge >= 0.3 is 0 Å². The van der Waals surface area contributed by atoms with E-state index in [2.05, 4.69) is 22.5 Å². The smallest absolute Gasteiger partial charge is 0.254 e. The van der Waals surface area contributed by atoms with Crippen LogP contribution in [0, 0.1) is 0 Å². The predicted molar refractivity (Wildman–Crippen MR) is 108 cm³/mol. The molecule has 1 aromatic rings. The summed E-state index contributed by atoms with van der Waals surface area (Å²) >= 11 is 22.9. The Morgan fingerprint density at radius 1 is 1.41 bits per heavy atom. The molecule has 3 rings (SSSR count). The quantitative estimate of drug-likeness (QED) is 0.384. The molecule has 9 heteroatoms. The minimum absolute atomic E-state index is 0.0212. The lowest BCUT2D eigenvalue weighted by Gasteiger charge is -2.42. The zero-order valence-electron chi connectivity index (χ0n) is 14.1. The maximum absolute atomic E-state index is 13.1. The fourth-order valence-corrected chi connectivity index (χ4v) is 5.23. The molecule has 2 aliphatic rings. The summed E-state index contributed by atoms with van der Waals surface area (Å²) in [4.78, 5) is 23.5. The number of carbonyl (C=O) groups excluding carboxylic acids is 2. The Morgan fingerprint density at radius 2 is 2.07 bits per heavy atom. The first kappa shape index (κ1) is 20.5. The summed E-state index contributed by atoms with van der Waals surface area (Å²) in [5.74, 6) is -2.13. The average molecular weight is 496 g/mol. The molecule has 1 aromatic carbocycles. The number of rotatable bonds is 4. The Labute approximate surface area is 179 Å². The molecule has 0 spiro atoms. The number of allylic oxidation sites excluding steroid dienone is 3. The first-order chi connectivity index (χ1) is 12.7. The van der Waals surface area contributed by atoms with Gasteiger partial charge in [-0.1, -0.05) is 46.3 Å². The number of methoxy groups -OCH3 is 1. The summed E-state index contributed by atoms with van der Waals surface area (Å²) in [6, 6.07) is 2.99. The van der Waals surface area contributed by atoms with Gasteiger partial charge in [0.05, 0.1) is 17.6 Å². The van der Waals surface area contributed by atoms with Crippen molar-refractivity contribution in [1.82, 2.24) is 4.90 Å². The molecule has 1 fully saturated rings. The van der Waals surface area contributed by atoms with Crippen LogP contribution in [0.1, 0.15) is 17.9 Å². The summed E-state index contributed by atoms with van der Waals surface area (Å²) in [7, 11) is 1.37. The van der Waals surface area contributed by atoms with Crippen LogP contribution in [0.4, 0.5) is 0 Å². The molecule has 2 amide bonds. The van der Waals surface area contributed by atoms with Gasteiger partial charge in [0.25, 0.3) is 11.8 Å². The van der Waals surface area contributed by atoms with Crippen LogP contribution in [0.25, 0.3) is 0 Å². The topological polar surface area (TPSA) is 66.8 Å². The summed E-state index contributed by atoms with van der Waals surface area (Å²) in [5, 5.41) is 10.1. The normalized spacial score (nSPS) is 30.2. The molecule has 1 heterocycles. The van der Waals surface area contributed by atoms with Gasteiger partial charge in [0.1, 0.15) is 0 Å². The largest absolute Gasteiger partial charge is 0.503 e. The Morgan fingerprint density at radius 3 is 2.63 bits per heavy atom. The molecule has 1 aliphatic carbocycles.